The molecule has 116 valence electrons. The molecule has 22 heavy (non-hydrogen) atoms. The van der Waals surface area contributed by atoms with Crippen molar-refractivity contribution >= 4 is 34.1 Å². The summed E-state index contributed by atoms with van der Waals surface area (Å²) in [4.78, 5) is 22.4. The quantitative estimate of drug-likeness (QED) is 0.809. The van der Waals surface area contributed by atoms with Gasteiger partial charge in [-0.25, -0.2) is 4.98 Å². The lowest BCUT2D eigenvalue weighted by Gasteiger charge is -2.34. The SMILES string of the molecule is CSc1ccc(C)c(C(=O)N2CCN(c3nccs3)CC2)c1. The number of rotatable bonds is 3. The maximum atomic E-state index is 12.8. The van der Waals surface area contributed by atoms with Crippen LogP contribution in [0.2, 0.25) is 0 Å². The highest BCUT2D eigenvalue weighted by Crippen LogP contribution is 2.22. The predicted octanol–water partition coefficient (Wildman–Crippen LogP) is 3.14. The van der Waals surface area contributed by atoms with Crippen LogP contribution >= 0.6 is 23.1 Å². The zero-order valence-corrected chi connectivity index (χ0v) is 14.4. The molecule has 0 atom stereocenters. The molecule has 0 N–H and O–H groups in total. The first-order valence-electron chi connectivity index (χ1n) is 7.27. The molecule has 1 saturated heterocycles. The molecule has 0 saturated carbocycles. The van der Waals surface area contributed by atoms with Gasteiger partial charge in [0.05, 0.1) is 0 Å². The van der Waals surface area contributed by atoms with Gasteiger partial charge in [0.1, 0.15) is 0 Å². The summed E-state index contributed by atoms with van der Waals surface area (Å²) >= 11 is 3.32. The van der Waals surface area contributed by atoms with Gasteiger partial charge in [0, 0.05) is 48.2 Å². The number of carbonyl (C=O) groups excluding carboxylic acids is 1. The summed E-state index contributed by atoms with van der Waals surface area (Å²) in [5.74, 6) is 0.146. The average Bonchev–Trinajstić information content (AvgIpc) is 3.09. The van der Waals surface area contributed by atoms with Crippen LogP contribution in [0, 0.1) is 6.92 Å². The highest BCUT2D eigenvalue weighted by Gasteiger charge is 2.24. The van der Waals surface area contributed by atoms with Gasteiger partial charge in [0.2, 0.25) is 0 Å². The number of carbonyl (C=O) groups is 1. The van der Waals surface area contributed by atoms with Crippen molar-refractivity contribution in [1.82, 2.24) is 9.88 Å². The van der Waals surface area contributed by atoms with E-state index < -0.39 is 0 Å². The second-order valence-electron chi connectivity index (χ2n) is 5.27. The van der Waals surface area contributed by atoms with Crippen molar-refractivity contribution in [2.24, 2.45) is 0 Å². The van der Waals surface area contributed by atoms with Crippen molar-refractivity contribution < 1.29 is 4.79 Å². The molecule has 1 aromatic heterocycles. The Balaban J connectivity index is 1.69. The number of anilines is 1. The van der Waals surface area contributed by atoms with Crippen LogP contribution in [0.15, 0.2) is 34.7 Å². The maximum Gasteiger partial charge on any atom is 0.254 e. The summed E-state index contributed by atoms with van der Waals surface area (Å²) in [6.45, 7) is 5.20. The molecular formula is C16H19N3OS2. The van der Waals surface area contributed by atoms with E-state index in [2.05, 4.69) is 16.0 Å². The number of thioether (sulfide) groups is 1. The number of amides is 1. The van der Waals surface area contributed by atoms with E-state index in [9.17, 15) is 4.79 Å². The van der Waals surface area contributed by atoms with E-state index in [1.165, 1.54) is 0 Å². The van der Waals surface area contributed by atoms with Crippen LogP contribution < -0.4 is 4.90 Å². The minimum atomic E-state index is 0.146. The van der Waals surface area contributed by atoms with Gasteiger partial charge >= 0.3 is 0 Å². The predicted molar refractivity (Wildman–Crippen MR) is 93.2 cm³/mol. The molecule has 0 spiro atoms. The average molecular weight is 333 g/mol. The molecule has 3 rings (SSSR count). The molecule has 1 aliphatic heterocycles. The van der Waals surface area contributed by atoms with Crippen LogP contribution in [-0.4, -0.2) is 48.2 Å². The smallest absolute Gasteiger partial charge is 0.254 e. The van der Waals surface area contributed by atoms with E-state index in [1.807, 2.05) is 41.8 Å². The number of hydrogen-bond donors (Lipinski definition) is 0. The summed E-state index contributed by atoms with van der Waals surface area (Å²) in [5.41, 5.74) is 1.87. The lowest BCUT2D eigenvalue weighted by Crippen LogP contribution is -2.48. The van der Waals surface area contributed by atoms with E-state index in [1.54, 1.807) is 23.1 Å². The summed E-state index contributed by atoms with van der Waals surface area (Å²) < 4.78 is 0. The van der Waals surface area contributed by atoms with E-state index in [0.717, 1.165) is 47.3 Å². The normalized spacial score (nSPS) is 15.2. The number of nitrogens with zero attached hydrogens (tertiary/aromatic N) is 3. The largest absolute Gasteiger partial charge is 0.345 e. The summed E-state index contributed by atoms with van der Waals surface area (Å²) in [7, 11) is 0. The van der Waals surface area contributed by atoms with E-state index in [4.69, 9.17) is 0 Å². The third-order valence-corrected chi connectivity index (χ3v) is 5.49. The first-order valence-corrected chi connectivity index (χ1v) is 9.38. The Kier molecular flexibility index (Phi) is 4.69. The summed E-state index contributed by atoms with van der Waals surface area (Å²) in [6, 6.07) is 6.11. The van der Waals surface area contributed by atoms with Crippen molar-refractivity contribution in [1.29, 1.82) is 0 Å². The second kappa shape index (κ2) is 6.71. The number of benzene rings is 1. The second-order valence-corrected chi connectivity index (χ2v) is 7.03. The first kappa shape index (κ1) is 15.4. The van der Waals surface area contributed by atoms with E-state index >= 15 is 0 Å². The highest BCUT2D eigenvalue weighted by atomic mass is 32.2. The zero-order valence-electron chi connectivity index (χ0n) is 12.8. The zero-order chi connectivity index (χ0) is 15.5. The number of hydrogen-bond acceptors (Lipinski definition) is 5. The molecule has 0 bridgehead atoms. The Labute approximate surface area is 139 Å². The lowest BCUT2D eigenvalue weighted by atomic mass is 10.1. The molecule has 0 radical (unpaired) electrons. The monoisotopic (exact) mass is 333 g/mol. The number of thiazole rings is 1. The Hall–Kier alpha value is -1.53. The van der Waals surface area contributed by atoms with Crippen LogP contribution in [0.3, 0.4) is 0 Å². The Morgan fingerprint density at radius 2 is 2.05 bits per heavy atom. The van der Waals surface area contributed by atoms with Gasteiger partial charge in [-0.2, -0.15) is 0 Å². The first-order chi connectivity index (χ1) is 10.7. The minimum absolute atomic E-state index is 0.146. The molecule has 1 amide bonds. The van der Waals surface area contributed by atoms with Gasteiger partial charge in [-0.15, -0.1) is 23.1 Å². The molecule has 1 aromatic carbocycles. The Morgan fingerprint density at radius 3 is 2.68 bits per heavy atom. The number of piperazine rings is 1. The molecule has 6 heteroatoms. The van der Waals surface area contributed by atoms with Crippen LogP contribution in [0.4, 0.5) is 5.13 Å². The molecule has 1 aliphatic rings. The van der Waals surface area contributed by atoms with Crippen LogP contribution in [0.1, 0.15) is 15.9 Å². The van der Waals surface area contributed by atoms with E-state index in [0.29, 0.717) is 0 Å². The maximum absolute atomic E-state index is 12.8. The molecule has 2 aromatic rings. The molecule has 1 fully saturated rings. The molecule has 0 unspecified atom stereocenters. The van der Waals surface area contributed by atoms with Gasteiger partial charge in [0.15, 0.2) is 5.13 Å². The third kappa shape index (κ3) is 3.13. The minimum Gasteiger partial charge on any atom is -0.345 e. The number of aromatic nitrogens is 1. The van der Waals surface area contributed by atoms with Crippen molar-refractivity contribution in [3.05, 3.63) is 40.9 Å². The lowest BCUT2D eigenvalue weighted by molar-refractivity contribution is 0.0746. The summed E-state index contributed by atoms with van der Waals surface area (Å²) in [6.07, 6.45) is 3.86. The molecular weight excluding hydrogens is 314 g/mol. The van der Waals surface area contributed by atoms with Crippen molar-refractivity contribution in [2.75, 3.05) is 37.3 Å². The topological polar surface area (TPSA) is 36.4 Å². The molecule has 0 aliphatic carbocycles. The molecule has 4 nitrogen and oxygen atoms in total. The highest BCUT2D eigenvalue weighted by molar-refractivity contribution is 7.98. The van der Waals surface area contributed by atoms with Gasteiger partial charge in [0.25, 0.3) is 5.91 Å². The third-order valence-electron chi connectivity index (χ3n) is 3.93. The standard InChI is InChI=1S/C16H19N3OS2/c1-12-3-4-13(21-2)11-14(12)15(20)18-6-8-19(9-7-18)16-17-5-10-22-16/h3-5,10-11H,6-9H2,1-2H3. The van der Waals surface area contributed by atoms with Crippen LogP contribution in [0.25, 0.3) is 0 Å². The van der Waals surface area contributed by atoms with Gasteiger partial charge in [-0.05, 0) is 30.9 Å². The van der Waals surface area contributed by atoms with Gasteiger partial charge in [-0.3, -0.25) is 4.79 Å². The Bertz CT molecular complexity index is 649. The van der Waals surface area contributed by atoms with Gasteiger partial charge < -0.3 is 9.80 Å². The fourth-order valence-electron chi connectivity index (χ4n) is 2.60. The van der Waals surface area contributed by atoms with Crippen molar-refractivity contribution in [3.8, 4) is 0 Å². The van der Waals surface area contributed by atoms with Crippen LogP contribution in [-0.2, 0) is 0 Å². The fourth-order valence-corrected chi connectivity index (χ4v) is 3.74. The van der Waals surface area contributed by atoms with Crippen LogP contribution in [0.5, 0.6) is 0 Å². The number of aryl methyl sites for hydroxylation is 1. The molecule has 2 heterocycles. The van der Waals surface area contributed by atoms with Crippen molar-refractivity contribution in [2.45, 2.75) is 11.8 Å². The Morgan fingerprint density at radius 1 is 1.27 bits per heavy atom. The van der Waals surface area contributed by atoms with E-state index in [-0.39, 0.29) is 5.91 Å². The summed E-state index contributed by atoms with van der Waals surface area (Å²) in [5, 5.41) is 3.04. The van der Waals surface area contributed by atoms with Gasteiger partial charge in [-0.1, -0.05) is 6.07 Å². The van der Waals surface area contributed by atoms with Crippen molar-refractivity contribution in [3.63, 3.8) is 0 Å². The fraction of sp³-hybridized carbons (Fsp3) is 0.375.